The van der Waals surface area contributed by atoms with Gasteiger partial charge in [-0.3, -0.25) is 38.4 Å². The van der Waals surface area contributed by atoms with Crippen molar-refractivity contribution in [2.45, 2.75) is 82.4 Å². The van der Waals surface area contributed by atoms with Crippen molar-refractivity contribution in [2.24, 2.45) is 22.6 Å². The van der Waals surface area contributed by atoms with Crippen molar-refractivity contribution < 1.29 is 67.6 Å². The molecule has 0 fully saturated rings. The summed E-state index contributed by atoms with van der Waals surface area (Å²) in [6.07, 6.45) is -0.278. The number of carbonyl (C=O) groups is 8. The molecule has 23 heteroatoms. The fourth-order valence-electron chi connectivity index (χ4n) is 7.13. The lowest BCUT2D eigenvalue weighted by Crippen LogP contribution is -2.54. The summed E-state index contributed by atoms with van der Waals surface area (Å²) in [5, 5.41) is 41.3. The number of aromatic nitrogens is 1. The summed E-state index contributed by atoms with van der Waals surface area (Å²) >= 11 is 0.597. The Labute approximate surface area is 389 Å². The molecule has 0 aliphatic rings. The lowest BCUT2D eigenvalue weighted by Gasteiger charge is -2.41. The van der Waals surface area contributed by atoms with Crippen LogP contribution in [0.15, 0.2) is 60.8 Å². The van der Waals surface area contributed by atoms with Gasteiger partial charge < -0.3 is 62.6 Å². The number of hydrogen-bond acceptors (Lipinski definition) is 12. The highest BCUT2D eigenvalue weighted by Gasteiger charge is 2.38. The van der Waals surface area contributed by atoms with Crippen LogP contribution in [0.2, 0.25) is 0 Å². The van der Waals surface area contributed by atoms with Gasteiger partial charge in [-0.05, 0) is 48.1 Å². The maximum Gasteiger partial charge on any atom is 0.321 e. The van der Waals surface area contributed by atoms with Crippen molar-refractivity contribution >= 4 is 59.2 Å². The smallest absolute Gasteiger partial charge is 0.321 e. The highest BCUT2D eigenvalue weighted by Crippen LogP contribution is 2.41. The molecular weight excluding hydrogens is 903 g/mol. The highest BCUT2D eigenvalue weighted by atomic mass is 32.2. The second-order valence-electron chi connectivity index (χ2n) is 16.6. The molecule has 3 rings (SSSR count). The zero-order chi connectivity index (χ0) is 50.2. The molecule has 67 heavy (non-hydrogen) atoms. The van der Waals surface area contributed by atoms with Gasteiger partial charge in [0.1, 0.15) is 35.6 Å². The molecule has 0 saturated carbocycles. The maximum absolute atomic E-state index is 15.1. The molecule has 12 N–H and O–H groups in total. The number of primary amides is 1. The molecule has 5 atom stereocenters. The van der Waals surface area contributed by atoms with Crippen LogP contribution in [0.4, 0.5) is 8.78 Å². The van der Waals surface area contributed by atoms with E-state index in [0.29, 0.717) is 23.0 Å². The Morgan fingerprint density at radius 3 is 2.09 bits per heavy atom. The molecule has 0 bridgehead atoms. The molecule has 0 aliphatic heterocycles. The number of nitrogens with two attached hydrogens (primary N) is 3. The lowest BCUT2D eigenvalue weighted by molar-refractivity contribution is -0.142. The van der Waals surface area contributed by atoms with Gasteiger partial charge in [0, 0.05) is 67.8 Å². The van der Waals surface area contributed by atoms with Crippen molar-refractivity contribution in [3.05, 3.63) is 83.7 Å². The van der Waals surface area contributed by atoms with Crippen molar-refractivity contribution in [3.8, 4) is 11.1 Å². The molecule has 20 nitrogen and oxygen atoms in total. The second kappa shape index (κ2) is 25.5. The molecule has 0 saturated heterocycles. The Kier molecular flexibility index (Phi) is 20.9. The molecule has 2 aromatic carbocycles. The first-order valence-electron chi connectivity index (χ1n) is 21.0. The number of carboxylic acids is 3. The van der Waals surface area contributed by atoms with E-state index in [1.807, 2.05) is 51.1 Å². The van der Waals surface area contributed by atoms with Crippen molar-refractivity contribution in [1.29, 1.82) is 0 Å². The average molecular weight is 961 g/mol. The molecule has 1 aromatic heterocycles. The molecule has 5 amide bonds. The Bertz CT molecular complexity index is 2240. The number of halogens is 2. The topological polar surface area (TPSA) is 331 Å². The van der Waals surface area contributed by atoms with E-state index in [0.717, 1.165) is 28.7 Å². The predicted molar refractivity (Wildman–Crippen MR) is 241 cm³/mol. The molecule has 3 aromatic rings. The fourth-order valence-corrected chi connectivity index (χ4v) is 8.13. The van der Waals surface area contributed by atoms with E-state index in [1.165, 1.54) is 4.90 Å². The molecular formula is C44H58F2N8O12S. The van der Waals surface area contributed by atoms with E-state index in [4.69, 9.17) is 22.3 Å². The monoisotopic (exact) mass is 960 g/mol. The van der Waals surface area contributed by atoms with Crippen molar-refractivity contribution in [2.75, 3.05) is 38.5 Å². The molecule has 1 unspecified atom stereocenters. The highest BCUT2D eigenvalue weighted by molar-refractivity contribution is 8.00. The van der Waals surface area contributed by atoms with Gasteiger partial charge in [0.15, 0.2) is 0 Å². The van der Waals surface area contributed by atoms with Gasteiger partial charge in [-0.2, -0.15) is 0 Å². The molecule has 1 heterocycles. The summed E-state index contributed by atoms with van der Waals surface area (Å²) in [7, 11) is 0. The Hall–Kier alpha value is -6.43. The SMILES string of the molecule is CC(C)(C)[C@H](c1cc(-c2cc(F)ccc2F)cn1Cc1ccccc1)N(CC[C@H](N)C(=O)NCCN(C(=O)CNC(=O)CC(SC[C@H](N)C(=O)O)C(=O)O)[C@H](CCC(=O)O)C(N)=O)C(=O)CO. The molecule has 366 valence electrons. The van der Waals surface area contributed by atoms with E-state index >= 15 is 4.39 Å². The largest absolute Gasteiger partial charge is 0.481 e. The summed E-state index contributed by atoms with van der Waals surface area (Å²) in [5.41, 5.74) is 18.2. The number of amides is 5. The number of carbonyl (C=O) groups excluding carboxylic acids is 5. The number of rotatable bonds is 27. The lowest BCUT2D eigenvalue weighted by atomic mass is 9.82. The van der Waals surface area contributed by atoms with Crippen molar-refractivity contribution in [1.82, 2.24) is 25.0 Å². The van der Waals surface area contributed by atoms with Crippen LogP contribution in [0.3, 0.4) is 0 Å². The number of aliphatic hydroxyl groups is 1. The number of hydrogen-bond donors (Lipinski definition) is 9. The van der Waals surface area contributed by atoms with E-state index in [2.05, 4.69) is 10.6 Å². The van der Waals surface area contributed by atoms with E-state index in [-0.39, 0.29) is 37.4 Å². The number of benzene rings is 2. The van der Waals surface area contributed by atoms with Crippen LogP contribution in [0.25, 0.3) is 11.1 Å². The number of thioether (sulfide) groups is 1. The van der Waals surface area contributed by atoms with Crippen LogP contribution >= 0.6 is 11.8 Å². The van der Waals surface area contributed by atoms with Crippen LogP contribution in [0.5, 0.6) is 0 Å². The number of aliphatic carboxylic acids is 3. The fraction of sp³-hybridized carbons (Fsp3) is 0.455. The van der Waals surface area contributed by atoms with Gasteiger partial charge in [-0.25, -0.2) is 8.78 Å². The Morgan fingerprint density at radius 2 is 1.51 bits per heavy atom. The third-order valence-electron chi connectivity index (χ3n) is 10.4. The quantitative estimate of drug-likeness (QED) is 0.0512. The zero-order valence-corrected chi connectivity index (χ0v) is 38.0. The normalized spacial score (nSPS) is 13.6. The van der Waals surface area contributed by atoms with Crippen molar-refractivity contribution in [3.63, 3.8) is 0 Å². The summed E-state index contributed by atoms with van der Waals surface area (Å²) in [5.74, 6) is -10.3. The Morgan fingerprint density at radius 1 is 0.836 bits per heavy atom. The van der Waals surface area contributed by atoms with E-state index in [9.17, 15) is 58.1 Å². The maximum atomic E-state index is 15.1. The summed E-state index contributed by atoms with van der Waals surface area (Å²) < 4.78 is 31.3. The van der Waals surface area contributed by atoms with Gasteiger partial charge in [0.05, 0.1) is 18.6 Å². The number of carboxylic acid groups (broad SMARTS) is 3. The minimum Gasteiger partial charge on any atom is -0.481 e. The van der Waals surface area contributed by atoms with Crippen LogP contribution in [-0.4, -0.2) is 144 Å². The second-order valence-corrected chi connectivity index (χ2v) is 17.9. The summed E-state index contributed by atoms with van der Waals surface area (Å²) in [6.45, 7) is 3.03. The summed E-state index contributed by atoms with van der Waals surface area (Å²) in [4.78, 5) is 102. The first kappa shape index (κ1) is 54.9. The van der Waals surface area contributed by atoms with Gasteiger partial charge >= 0.3 is 17.9 Å². The van der Waals surface area contributed by atoms with E-state index in [1.54, 1.807) is 16.8 Å². The third kappa shape index (κ3) is 16.7. The number of nitrogens with one attached hydrogen (secondary N) is 2. The Balaban J connectivity index is 1.82. The predicted octanol–water partition coefficient (Wildman–Crippen LogP) is 0.875. The van der Waals surface area contributed by atoms with E-state index < -0.39 is 133 Å². The zero-order valence-electron chi connectivity index (χ0n) is 37.2. The standard InChI is InChI=1S/C44H58F2N8O12S/c1-44(2,3)39(33-17-26(28-18-27(45)9-10-29(28)46)22-52(33)21-25-7-5-4-6-8-25)54(37(58)23-55)15-13-30(47)41(62)50-14-16-53(32(40(49)61)11-12-38(59)60)36(57)20-51-35(56)19-34(43(65)66)67-24-31(48)42(63)64/h4-10,17-18,22,30-32,34,39,55H,11-16,19-21,23-24,47-48H2,1-3H3,(H2,49,61)(H,50,62)(H,51,56)(H,59,60)(H,63,64)(H,65,66)/t30-,31-,32+,34?,39-/m0/s1. The van der Waals surface area contributed by atoms with Gasteiger partial charge in [0.25, 0.3) is 0 Å². The van der Waals surface area contributed by atoms with Crippen LogP contribution < -0.4 is 27.8 Å². The van der Waals surface area contributed by atoms with Crippen LogP contribution in [-0.2, 0) is 44.9 Å². The van der Waals surface area contributed by atoms with Gasteiger partial charge in [-0.1, -0.05) is 51.1 Å². The molecule has 0 spiro atoms. The summed E-state index contributed by atoms with van der Waals surface area (Å²) in [6, 6.07) is 8.86. The molecule has 0 aliphatic carbocycles. The first-order valence-corrected chi connectivity index (χ1v) is 22.0. The van der Waals surface area contributed by atoms with Crippen LogP contribution in [0.1, 0.15) is 63.8 Å². The molecule has 0 radical (unpaired) electrons. The van der Waals surface area contributed by atoms with Crippen LogP contribution in [0, 0.1) is 17.0 Å². The average Bonchev–Trinajstić information content (AvgIpc) is 3.66. The third-order valence-corrected chi connectivity index (χ3v) is 11.8. The minimum absolute atomic E-state index is 0.0192. The number of aliphatic hydroxyl groups excluding tert-OH is 1. The first-order chi connectivity index (χ1) is 31.4. The van der Waals surface area contributed by atoms with Gasteiger partial charge in [0.2, 0.25) is 29.5 Å². The van der Waals surface area contributed by atoms with Gasteiger partial charge in [-0.15, -0.1) is 11.8 Å². The number of nitrogens with zero attached hydrogens (tertiary/aromatic N) is 3. The minimum atomic E-state index is -1.53.